The van der Waals surface area contributed by atoms with Crippen LogP contribution in [-0.4, -0.2) is 11.2 Å². The molecule has 0 spiro atoms. The summed E-state index contributed by atoms with van der Waals surface area (Å²) in [5.41, 5.74) is 2.19. The highest BCUT2D eigenvalue weighted by Gasteiger charge is 2.06. The predicted octanol–water partition coefficient (Wildman–Crippen LogP) is 4.57. The molecule has 0 fully saturated rings. The van der Waals surface area contributed by atoms with Crippen LogP contribution in [0.4, 0.5) is 14.5 Å². The van der Waals surface area contributed by atoms with E-state index >= 15 is 0 Å². The molecule has 21 heavy (non-hydrogen) atoms. The number of pyridine rings is 1. The van der Waals surface area contributed by atoms with Crippen LogP contribution in [0.15, 0.2) is 53.5 Å². The van der Waals surface area contributed by atoms with Crippen molar-refractivity contribution in [2.45, 2.75) is 6.92 Å². The van der Waals surface area contributed by atoms with Gasteiger partial charge in [-0.15, -0.1) is 0 Å². The van der Waals surface area contributed by atoms with Crippen LogP contribution in [0.5, 0.6) is 0 Å². The van der Waals surface area contributed by atoms with Crippen LogP contribution in [0.3, 0.4) is 0 Å². The zero-order chi connectivity index (χ0) is 14.8. The zero-order valence-corrected chi connectivity index (χ0v) is 11.3. The van der Waals surface area contributed by atoms with Crippen molar-refractivity contribution < 1.29 is 8.78 Å². The molecule has 104 valence electrons. The molecule has 0 aliphatic heterocycles. The molecule has 0 N–H and O–H groups in total. The van der Waals surface area contributed by atoms with Crippen LogP contribution in [0, 0.1) is 18.6 Å². The predicted molar refractivity (Wildman–Crippen MR) is 80.1 cm³/mol. The van der Waals surface area contributed by atoms with Gasteiger partial charge in [-0.2, -0.15) is 0 Å². The maximum atomic E-state index is 13.6. The first kappa shape index (κ1) is 13.4. The van der Waals surface area contributed by atoms with E-state index in [0.717, 1.165) is 16.6 Å². The van der Waals surface area contributed by atoms with Gasteiger partial charge in [0.1, 0.15) is 11.6 Å². The van der Waals surface area contributed by atoms with Gasteiger partial charge in [-0.1, -0.05) is 12.1 Å². The molecule has 0 saturated carbocycles. The van der Waals surface area contributed by atoms with E-state index in [-0.39, 0.29) is 5.56 Å². The molecule has 0 bridgehead atoms. The summed E-state index contributed by atoms with van der Waals surface area (Å²) in [5.74, 6) is -1.26. The van der Waals surface area contributed by atoms with Crippen molar-refractivity contribution in [1.29, 1.82) is 0 Å². The van der Waals surface area contributed by atoms with Crippen molar-refractivity contribution >= 4 is 22.8 Å². The van der Waals surface area contributed by atoms with Crippen molar-refractivity contribution in [2.75, 3.05) is 0 Å². The number of aryl methyl sites for hydroxylation is 1. The maximum Gasteiger partial charge on any atom is 0.134 e. The smallest absolute Gasteiger partial charge is 0.134 e. The van der Waals surface area contributed by atoms with E-state index in [1.807, 2.05) is 31.2 Å². The van der Waals surface area contributed by atoms with Crippen LogP contribution in [0.25, 0.3) is 10.9 Å². The molecule has 2 aromatic carbocycles. The summed E-state index contributed by atoms with van der Waals surface area (Å²) in [6.45, 7) is 1.91. The van der Waals surface area contributed by atoms with Crippen LogP contribution < -0.4 is 0 Å². The average molecular weight is 282 g/mol. The van der Waals surface area contributed by atoms with E-state index in [2.05, 4.69) is 9.98 Å². The Bertz CT molecular complexity index is 821. The number of fused-ring (bicyclic) bond motifs is 1. The monoisotopic (exact) mass is 282 g/mol. The van der Waals surface area contributed by atoms with Crippen LogP contribution in [0.1, 0.15) is 11.3 Å². The Morgan fingerprint density at radius 1 is 0.952 bits per heavy atom. The van der Waals surface area contributed by atoms with Gasteiger partial charge in [-0.05, 0) is 43.3 Å². The number of aromatic nitrogens is 1. The lowest BCUT2D eigenvalue weighted by Gasteiger charge is -2.03. The minimum atomic E-state index is -0.632. The normalized spacial score (nSPS) is 11.4. The third-order valence-corrected chi connectivity index (χ3v) is 3.18. The molecule has 0 aliphatic rings. The van der Waals surface area contributed by atoms with Gasteiger partial charge in [0.05, 0.1) is 16.8 Å². The van der Waals surface area contributed by atoms with Gasteiger partial charge in [0, 0.05) is 17.3 Å². The highest BCUT2D eigenvalue weighted by Crippen LogP contribution is 2.25. The molecule has 0 radical (unpaired) electrons. The quantitative estimate of drug-likeness (QED) is 0.632. The number of hydrogen-bond acceptors (Lipinski definition) is 2. The number of halogens is 2. The fourth-order valence-electron chi connectivity index (χ4n) is 2.12. The molecule has 4 heteroatoms. The van der Waals surface area contributed by atoms with Gasteiger partial charge in [-0.3, -0.25) is 9.98 Å². The molecule has 1 aromatic heterocycles. The second kappa shape index (κ2) is 5.40. The number of aliphatic imine (C=N–C) groups is 1. The molecule has 2 nitrogen and oxygen atoms in total. The molecule has 3 rings (SSSR count). The highest BCUT2D eigenvalue weighted by molar-refractivity contribution is 5.93. The summed E-state index contributed by atoms with van der Waals surface area (Å²) in [4.78, 5) is 8.62. The molecule has 0 saturated heterocycles. The standard InChI is InChI=1S/C17H12F2N2/c1-11-8-9-12-16(6-3-7-17(12)21-11)20-10-13-14(18)4-2-5-15(13)19/h2-10H,1H3/b20-10-. The SMILES string of the molecule is Cc1ccc2c(/N=C\c3c(F)cccc3F)cccc2n1. The van der Waals surface area contributed by atoms with Crippen molar-refractivity contribution in [3.8, 4) is 0 Å². The summed E-state index contributed by atoms with van der Waals surface area (Å²) in [5, 5.41) is 0.844. The van der Waals surface area contributed by atoms with Gasteiger partial charge in [0.2, 0.25) is 0 Å². The minimum absolute atomic E-state index is 0.144. The van der Waals surface area contributed by atoms with Crippen LogP contribution in [0.2, 0.25) is 0 Å². The third-order valence-electron chi connectivity index (χ3n) is 3.18. The molecule has 0 amide bonds. The van der Waals surface area contributed by atoms with Crippen molar-refractivity contribution in [3.05, 3.63) is 71.4 Å². The van der Waals surface area contributed by atoms with Gasteiger partial charge >= 0.3 is 0 Å². The Morgan fingerprint density at radius 3 is 2.43 bits per heavy atom. The lowest BCUT2D eigenvalue weighted by atomic mass is 10.1. The van der Waals surface area contributed by atoms with E-state index in [0.29, 0.717) is 5.69 Å². The summed E-state index contributed by atoms with van der Waals surface area (Å²) < 4.78 is 27.2. The van der Waals surface area contributed by atoms with Gasteiger partial charge in [-0.25, -0.2) is 8.78 Å². The number of rotatable bonds is 2. The molecule has 0 aliphatic carbocycles. The molecular weight excluding hydrogens is 270 g/mol. The van der Waals surface area contributed by atoms with Gasteiger partial charge in [0.25, 0.3) is 0 Å². The van der Waals surface area contributed by atoms with E-state index in [4.69, 9.17) is 0 Å². The summed E-state index contributed by atoms with van der Waals surface area (Å²) in [7, 11) is 0. The molecule has 3 aromatic rings. The lowest BCUT2D eigenvalue weighted by molar-refractivity contribution is 0.580. The maximum absolute atomic E-state index is 13.6. The molecule has 0 atom stereocenters. The minimum Gasteiger partial charge on any atom is -0.255 e. The van der Waals surface area contributed by atoms with E-state index in [1.54, 1.807) is 6.07 Å². The van der Waals surface area contributed by atoms with E-state index in [9.17, 15) is 8.78 Å². The lowest BCUT2D eigenvalue weighted by Crippen LogP contribution is -1.93. The number of benzene rings is 2. The Balaban J connectivity index is 2.08. The zero-order valence-electron chi connectivity index (χ0n) is 11.3. The number of hydrogen-bond donors (Lipinski definition) is 0. The first-order chi connectivity index (χ1) is 10.1. The first-order valence-electron chi connectivity index (χ1n) is 6.49. The van der Waals surface area contributed by atoms with Gasteiger partial charge in [0.15, 0.2) is 0 Å². The van der Waals surface area contributed by atoms with E-state index < -0.39 is 11.6 Å². The average Bonchev–Trinajstić information content (AvgIpc) is 2.46. The second-order valence-electron chi connectivity index (χ2n) is 4.69. The second-order valence-corrected chi connectivity index (χ2v) is 4.69. The summed E-state index contributed by atoms with van der Waals surface area (Å²) in [6, 6.07) is 13.0. The Labute approximate surface area is 120 Å². The topological polar surface area (TPSA) is 25.2 Å². The van der Waals surface area contributed by atoms with Crippen molar-refractivity contribution in [1.82, 2.24) is 4.98 Å². The Hall–Kier alpha value is -2.62. The Kier molecular flexibility index (Phi) is 3.44. The fraction of sp³-hybridized carbons (Fsp3) is 0.0588. The largest absolute Gasteiger partial charge is 0.255 e. The summed E-state index contributed by atoms with van der Waals surface area (Å²) >= 11 is 0. The molecule has 0 unspecified atom stereocenters. The highest BCUT2D eigenvalue weighted by atomic mass is 19.1. The van der Waals surface area contributed by atoms with Crippen molar-refractivity contribution in [3.63, 3.8) is 0 Å². The molecule has 1 heterocycles. The first-order valence-corrected chi connectivity index (χ1v) is 6.49. The van der Waals surface area contributed by atoms with Crippen LogP contribution in [-0.2, 0) is 0 Å². The summed E-state index contributed by atoms with van der Waals surface area (Å²) in [6.07, 6.45) is 1.21. The molecular formula is C17H12F2N2. The Morgan fingerprint density at radius 2 is 1.67 bits per heavy atom. The fourth-order valence-corrected chi connectivity index (χ4v) is 2.12. The van der Waals surface area contributed by atoms with Gasteiger partial charge < -0.3 is 0 Å². The third kappa shape index (κ3) is 2.65. The van der Waals surface area contributed by atoms with E-state index in [1.165, 1.54) is 24.4 Å². The van der Waals surface area contributed by atoms with Crippen LogP contribution >= 0.6 is 0 Å². The number of nitrogens with zero attached hydrogens (tertiary/aromatic N) is 2. The van der Waals surface area contributed by atoms with Crippen molar-refractivity contribution in [2.24, 2.45) is 4.99 Å².